The van der Waals surface area contributed by atoms with Crippen molar-refractivity contribution in [3.8, 4) is 0 Å². The standard InChI is InChI=1S/C15H17Cl2N3O/c1-3-20-9-11(18)7-14(20)15(21)19(2)8-10-4-5-12(16)13(17)6-10/h4-7,9H,3,8,18H2,1-2H3. The van der Waals surface area contributed by atoms with Crippen LogP contribution in [0.4, 0.5) is 5.69 Å². The zero-order valence-electron chi connectivity index (χ0n) is 11.9. The van der Waals surface area contributed by atoms with Gasteiger partial charge in [0, 0.05) is 26.3 Å². The van der Waals surface area contributed by atoms with Crippen LogP contribution in [0.5, 0.6) is 0 Å². The van der Waals surface area contributed by atoms with E-state index in [9.17, 15) is 4.79 Å². The van der Waals surface area contributed by atoms with Crippen molar-refractivity contribution < 1.29 is 4.79 Å². The van der Waals surface area contributed by atoms with Crippen molar-refractivity contribution in [1.29, 1.82) is 0 Å². The third kappa shape index (κ3) is 3.52. The van der Waals surface area contributed by atoms with Crippen LogP contribution in [0.1, 0.15) is 23.0 Å². The second-order valence-corrected chi connectivity index (χ2v) is 5.67. The molecule has 4 nitrogen and oxygen atoms in total. The molecule has 0 aliphatic carbocycles. The number of halogens is 2. The van der Waals surface area contributed by atoms with Gasteiger partial charge in [0.15, 0.2) is 0 Å². The highest BCUT2D eigenvalue weighted by Gasteiger charge is 2.17. The molecule has 0 aliphatic rings. The van der Waals surface area contributed by atoms with E-state index in [1.165, 1.54) is 0 Å². The van der Waals surface area contributed by atoms with Gasteiger partial charge in [-0.05, 0) is 30.7 Å². The number of hydrogen-bond donors (Lipinski definition) is 1. The Morgan fingerprint density at radius 3 is 2.62 bits per heavy atom. The fourth-order valence-corrected chi connectivity index (χ4v) is 2.47. The van der Waals surface area contributed by atoms with Crippen LogP contribution in [0.3, 0.4) is 0 Å². The van der Waals surface area contributed by atoms with Gasteiger partial charge in [0.1, 0.15) is 5.69 Å². The number of rotatable bonds is 4. The third-order valence-electron chi connectivity index (χ3n) is 3.23. The number of carbonyl (C=O) groups is 1. The average Bonchev–Trinajstić information content (AvgIpc) is 2.83. The van der Waals surface area contributed by atoms with Crippen LogP contribution < -0.4 is 5.73 Å². The van der Waals surface area contributed by atoms with Gasteiger partial charge >= 0.3 is 0 Å². The Balaban J connectivity index is 2.17. The molecule has 1 aromatic heterocycles. The summed E-state index contributed by atoms with van der Waals surface area (Å²) in [6, 6.07) is 7.04. The van der Waals surface area contributed by atoms with Gasteiger partial charge in [-0.3, -0.25) is 4.79 Å². The van der Waals surface area contributed by atoms with Gasteiger partial charge in [-0.25, -0.2) is 0 Å². The van der Waals surface area contributed by atoms with Crippen LogP contribution in [0, 0.1) is 0 Å². The van der Waals surface area contributed by atoms with E-state index in [2.05, 4.69) is 0 Å². The highest BCUT2D eigenvalue weighted by Crippen LogP contribution is 2.23. The molecule has 1 aromatic carbocycles. The predicted molar refractivity (Wildman–Crippen MR) is 86.8 cm³/mol. The van der Waals surface area contributed by atoms with E-state index in [0.29, 0.717) is 34.5 Å². The summed E-state index contributed by atoms with van der Waals surface area (Å²) in [5.41, 5.74) is 7.84. The summed E-state index contributed by atoms with van der Waals surface area (Å²) in [4.78, 5) is 14.1. The van der Waals surface area contributed by atoms with Gasteiger partial charge in [0.05, 0.1) is 15.7 Å². The Kier molecular flexibility index (Phi) is 4.80. The lowest BCUT2D eigenvalue weighted by Crippen LogP contribution is -2.28. The summed E-state index contributed by atoms with van der Waals surface area (Å²) < 4.78 is 1.84. The molecule has 112 valence electrons. The Hall–Kier alpha value is -1.65. The molecule has 0 radical (unpaired) electrons. The van der Waals surface area contributed by atoms with Crippen LogP contribution in [-0.4, -0.2) is 22.4 Å². The van der Waals surface area contributed by atoms with E-state index in [1.54, 1.807) is 36.3 Å². The summed E-state index contributed by atoms with van der Waals surface area (Å²) in [7, 11) is 1.74. The lowest BCUT2D eigenvalue weighted by molar-refractivity contribution is 0.0774. The Labute approximate surface area is 134 Å². The largest absolute Gasteiger partial charge is 0.397 e. The molecule has 1 heterocycles. The molecule has 1 amide bonds. The Bertz CT molecular complexity index is 667. The topological polar surface area (TPSA) is 51.3 Å². The van der Waals surface area contributed by atoms with Gasteiger partial charge in [-0.2, -0.15) is 0 Å². The molecule has 2 rings (SSSR count). The smallest absolute Gasteiger partial charge is 0.270 e. The molecule has 2 N–H and O–H groups in total. The Morgan fingerprint density at radius 2 is 2.00 bits per heavy atom. The fourth-order valence-electron chi connectivity index (χ4n) is 2.15. The van der Waals surface area contributed by atoms with E-state index in [-0.39, 0.29) is 5.91 Å². The van der Waals surface area contributed by atoms with E-state index < -0.39 is 0 Å². The van der Waals surface area contributed by atoms with Crippen molar-refractivity contribution >= 4 is 34.8 Å². The van der Waals surface area contributed by atoms with Crippen LogP contribution in [0.25, 0.3) is 0 Å². The molecule has 0 saturated carbocycles. The van der Waals surface area contributed by atoms with E-state index in [1.807, 2.05) is 17.6 Å². The fraction of sp³-hybridized carbons (Fsp3) is 0.267. The summed E-state index contributed by atoms with van der Waals surface area (Å²) in [5.74, 6) is -0.0837. The minimum absolute atomic E-state index is 0.0837. The minimum atomic E-state index is -0.0837. The maximum absolute atomic E-state index is 12.5. The van der Waals surface area contributed by atoms with Crippen molar-refractivity contribution in [3.63, 3.8) is 0 Å². The molecular weight excluding hydrogens is 309 g/mol. The highest BCUT2D eigenvalue weighted by atomic mass is 35.5. The molecule has 0 spiro atoms. The number of nitrogens with two attached hydrogens (primary N) is 1. The summed E-state index contributed by atoms with van der Waals surface area (Å²) in [6.45, 7) is 3.11. The number of nitrogen functional groups attached to an aromatic ring is 1. The zero-order valence-corrected chi connectivity index (χ0v) is 13.4. The highest BCUT2D eigenvalue weighted by molar-refractivity contribution is 6.42. The van der Waals surface area contributed by atoms with Crippen LogP contribution in [0.2, 0.25) is 10.0 Å². The lowest BCUT2D eigenvalue weighted by atomic mass is 10.2. The van der Waals surface area contributed by atoms with Gasteiger partial charge in [0.25, 0.3) is 5.91 Å². The van der Waals surface area contributed by atoms with Crippen molar-refractivity contribution in [2.75, 3.05) is 12.8 Å². The molecule has 0 aliphatic heterocycles. The van der Waals surface area contributed by atoms with Gasteiger partial charge < -0.3 is 15.2 Å². The number of aromatic nitrogens is 1. The number of aryl methyl sites for hydroxylation is 1. The van der Waals surface area contributed by atoms with Crippen molar-refractivity contribution in [1.82, 2.24) is 9.47 Å². The maximum atomic E-state index is 12.5. The molecule has 6 heteroatoms. The summed E-state index contributed by atoms with van der Waals surface area (Å²) in [6.07, 6.45) is 1.76. The molecular formula is C15H17Cl2N3O. The first-order valence-electron chi connectivity index (χ1n) is 6.57. The monoisotopic (exact) mass is 325 g/mol. The number of amides is 1. The van der Waals surface area contributed by atoms with Gasteiger partial charge in [-0.15, -0.1) is 0 Å². The third-order valence-corrected chi connectivity index (χ3v) is 3.97. The maximum Gasteiger partial charge on any atom is 0.270 e. The Morgan fingerprint density at radius 1 is 1.29 bits per heavy atom. The first-order chi connectivity index (χ1) is 9.92. The zero-order chi connectivity index (χ0) is 15.6. The first kappa shape index (κ1) is 15.7. The molecule has 0 saturated heterocycles. The molecule has 0 bridgehead atoms. The van der Waals surface area contributed by atoms with Gasteiger partial charge in [0.2, 0.25) is 0 Å². The number of hydrogen-bond acceptors (Lipinski definition) is 2. The SMILES string of the molecule is CCn1cc(N)cc1C(=O)N(C)Cc1ccc(Cl)c(Cl)c1. The lowest BCUT2D eigenvalue weighted by Gasteiger charge is -2.18. The summed E-state index contributed by atoms with van der Waals surface area (Å²) in [5, 5.41) is 0.984. The van der Waals surface area contributed by atoms with Crippen molar-refractivity contribution in [3.05, 3.63) is 51.8 Å². The van der Waals surface area contributed by atoms with Gasteiger partial charge in [-0.1, -0.05) is 29.3 Å². The number of carbonyl (C=O) groups excluding carboxylic acids is 1. The second kappa shape index (κ2) is 6.41. The normalized spacial score (nSPS) is 10.7. The average molecular weight is 326 g/mol. The van der Waals surface area contributed by atoms with E-state index in [0.717, 1.165) is 5.56 Å². The van der Waals surface area contributed by atoms with Crippen LogP contribution in [0.15, 0.2) is 30.5 Å². The summed E-state index contributed by atoms with van der Waals surface area (Å²) >= 11 is 11.9. The molecule has 0 unspecified atom stereocenters. The minimum Gasteiger partial charge on any atom is -0.397 e. The molecule has 2 aromatic rings. The van der Waals surface area contributed by atoms with Crippen LogP contribution in [-0.2, 0) is 13.1 Å². The van der Waals surface area contributed by atoms with E-state index in [4.69, 9.17) is 28.9 Å². The second-order valence-electron chi connectivity index (χ2n) is 4.85. The number of anilines is 1. The predicted octanol–water partition coefficient (Wildman–Crippen LogP) is 3.67. The number of nitrogens with zero attached hydrogens (tertiary/aromatic N) is 2. The van der Waals surface area contributed by atoms with Crippen molar-refractivity contribution in [2.24, 2.45) is 0 Å². The quantitative estimate of drug-likeness (QED) is 0.932. The molecule has 0 atom stereocenters. The molecule has 0 fully saturated rings. The van der Waals surface area contributed by atoms with Crippen LogP contribution >= 0.6 is 23.2 Å². The van der Waals surface area contributed by atoms with Crippen molar-refractivity contribution in [2.45, 2.75) is 20.0 Å². The number of benzene rings is 1. The molecule has 21 heavy (non-hydrogen) atoms. The first-order valence-corrected chi connectivity index (χ1v) is 7.33. The van der Waals surface area contributed by atoms with E-state index >= 15 is 0 Å².